The molecule has 0 spiro atoms. The molecule has 3 aliphatic rings. The van der Waals surface area contributed by atoms with Gasteiger partial charge in [-0.25, -0.2) is 0 Å². The summed E-state index contributed by atoms with van der Waals surface area (Å²) in [5.74, 6) is 1.37. The lowest BCUT2D eigenvalue weighted by molar-refractivity contribution is 0.0912. The van der Waals surface area contributed by atoms with Gasteiger partial charge in [-0.2, -0.15) is 5.26 Å². The SMILES string of the molecule is N#CCCN(C[C@H]1CCCO1)C(=S)N[C@H]1C[C@H]2C=C[C@H]1C2. The Morgan fingerprint density at radius 1 is 1.43 bits per heavy atom. The van der Waals surface area contributed by atoms with E-state index in [9.17, 15) is 0 Å². The summed E-state index contributed by atoms with van der Waals surface area (Å²) in [6.45, 7) is 2.36. The molecular formula is C16H23N3OS. The molecule has 1 aliphatic heterocycles. The zero-order valence-corrected chi connectivity index (χ0v) is 13.1. The predicted molar refractivity (Wildman–Crippen MR) is 85.7 cm³/mol. The molecule has 0 unspecified atom stereocenters. The fourth-order valence-corrected chi connectivity index (χ4v) is 4.01. The highest BCUT2D eigenvalue weighted by atomic mass is 32.1. The molecule has 1 N–H and O–H groups in total. The summed E-state index contributed by atoms with van der Waals surface area (Å²) in [6.07, 6.45) is 10.1. The van der Waals surface area contributed by atoms with E-state index in [1.54, 1.807) is 0 Å². The normalized spacial score (nSPS) is 33.1. The van der Waals surface area contributed by atoms with E-state index in [0.717, 1.165) is 37.0 Å². The van der Waals surface area contributed by atoms with Crippen molar-refractivity contribution in [2.75, 3.05) is 19.7 Å². The van der Waals surface area contributed by atoms with Crippen LogP contribution in [0.1, 0.15) is 32.1 Å². The summed E-state index contributed by atoms with van der Waals surface area (Å²) in [6, 6.07) is 2.69. The van der Waals surface area contributed by atoms with Gasteiger partial charge in [0, 0.05) is 25.7 Å². The van der Waals surface area contributed by atoms with Gasteiger partial charge < -0.3 is 15.0 Å². The van der Waals surface area contributed by atoms with Crippen molar-refractivity contribution < 1.29 is 4.74 Å². The quantitative estimate of drug-likeness (QED) is 0.623. The van der Waals surface area contributed by atoms with Crippen LogP contribution >= 0.6 is 12.2 Å². The minimum atomic E-state index is 0.267. The Hall–Kier alpha value is -1.12. The fraction of sp³-hybridized carbons (Fsp3) is 0.750. The largest absolute Gasteiger partial charge is 0.376 e. The Morgan fingerprint density at radius 3 is 2.95 bits per heavy atom. The first-order chi connectivity index (χ1) is 10.3. The fourth-order valence-electron chi connectivity index (χ4n) is 3.69. The Morgan fingerprint density at radius 2 is 2.33 bits per heavy atom. The molecule has 114 valence electrons. The smallest absolute Gasteiger partial charge is 0.169 e. The first-order valence-corrected chi connectivity index (χ1v) is 8.39. The number of allylic oxidation sites excluding steroid dienone is 1. The molecule has 2 aliphatic carbocycles. The van der Waals surface area contributed by atoms with Crippen LogP contribution in [0, 0.1) is 23.2 Å². The highest BCUT2D eigenvalue weighted by Crippen LogP contribution is 2.39. The number of nitrogens with one attached hydrogen (secondary N) is 1. The van der Waals surface area contributed by atoms with E-state index < -0.39 is 0 Å². The van der Waals surface area contributed by atoms with Gasteiger partial charge in [0.05, 0.1) is 18.6 Å². The molecule has 4 atom stereocenters. The summed E-state index contributed by atoms with van der Waals surface area (Å²) in [5.41, 5.74) is 0. The molecule has 1 saturated carbocycles. The van der Waals surface area contributed by atoms with Crippen LogP contribution in [0.4, 0.5) is 0 Å². The van der Waals surface area contributed by atoms with E-state index in [-0.39, 0.29) is 6.10 Å². The third-order valence-electron chi connectivity index (χ3n) is 4.82. The van der Waals surface area contributed by atoms with Crippen molar-refractivity contribution >= 4 is 17.3 Å². The van der Waals surface area contributed by atoms with E-state index in [0.29, 0.717) is 24.9 Å². The zero-order valence-electron chi connectivity index (χ0n) is 12.3. The second-order valence-corrected chi connectivity index (χ2v) is 6.71. The van der Waals surface area contributed by atoms with E-state index in [2.05, 4.69) is 28.4 Å². The number of ether oxygens (including phenoxy) is 1. The number of nitriles is 1. The molecule has 0 radical (unpaired) electrons. The maximum absolute atomic E-state index is 8.85. The predicted octanol–water partition coefficient (Wildman–Crippen LogP) is 2.22. The number of hydrogen-bond donors (Lipinski definition) is 1. The molecular weight excluding hydrogens is 282 g/mol. The van der Waals surface area contributed by atoms with Crippen LogP contribution in [0.15, 0.2) is 12.2 Å². The standard InChI is InChI=1S/C16H23N3OS/c17-6-2-7-19(11-14-3-1-8-20-14)16(21)18-15-10-12-4-5-13(15)9-12/h4-5,12-15H,1-3,7-11H2,(H,18,21)/t12-,13-,14+,15-/m0/s1. The molecule has 5 heteroatoms. The van der Waals surface area contributed by atoms with Gasteiger partial charge in [0.25, 0.3) is 0 Å². The van der Waals surface area contributed by atoms with Crippen molar-refractivity contribution in [3.8, 4) is 6.07 Å². The number of nitrogens with zero attached hydrogens (tertiary/aromatic N) is 2. The van der Waals surface area contributed by atoms with Crippen molar-refractivity contribution in [3.63, 3.8) is 0 Å². The minimum Gasteiger partial charge on any atom is -0.376 e. The molecule has 1 saturated heterocycles. The Kier molecular flexibility index (Phi) is 4.77. The minimum absolute atomic E-state index is 0.267. The van der Waals surface area contributed by atoms with Crippen molar-refractivity contribution in [1.82, 2.24) is 10.2 Å². The molecule has 2 bridgehead atoms. The van der Waals surface area contributed by atoms with Gasteiger partial charge in [-0.15, -0.1) is 0 Å². The second kappa shape index (κ2) is 6.76. The molecule has 1 heterocycles. The average Bonchev–Trinajstić information content (AvgIpc) is 3.20. The third-order valence-corrected chi connectivity index (χ3v) is 5.19. The third kappa shape index (κ3) is 3.56. The monoisotopic (exact) mass is 305 g/mol. The maximum atomic E-state index is 8.85. The van der Waals surface area contributed by atoms with Crippen LogP contribution in [0.25, 0.3) is 0 Å². The van der Waals surface area contributed by atoms with E-state index in [1.807, 2.05) is 0 Å². The van der Waals surface area contributed by atoms with Crippen molar-refractivity contribution in [3.05, 3.63) is 12.2 Å². The van der Waals surface area contributed by atoms with Crippen molar-refractivity contribution in [2.45, 2.75) is 44.2 Å². The van der Waals surface area contributed by atoms with Gasteiger partial charge in [-0.05, 0) is 49.7 Å². The summed E-state index contributed by atoms with van der Waals surface area (Å²) >= 11 is 5.60. The van der Waals surface area contributed by atoms with Gasteiger partial charge in [0.2, 0.25) is 0 Å². The number of hydrogen-bond acceptors (Lipinski definition) is 3. The summed E-state index contributed by atoms with van der Waals surface area (Å²) in [4.78, 5) is 2.13. The second-order valence-electron chi connectivity index (χ2n) is 6.33. The van der Waals surface area contributed by atoms with Gasteiger partial charge in [0.1, 0.15) is 0 Å². The van der Waals surface area contributed by atoms with Gasteiger partial charge in [0.15, 0.2) is 5.11 Å². The molecule has 3 rings (SSSR count). The lowest BCUT2D eigenvalue weighted by Crippen LogP contribution is -2.48. The first-order valence-electron chi connectivity index (χ1n) is 7.98. The summed E-state index contributed by atoms with van der Waals surface area (Å²) < 4.78 is 5.71. The summed E-state index contributed by atoms with van der Waals surface area (Å²) in [5, 5.41) is 13.2. The van der Waals surface area contributed by atoms with Crippen LogP contribution in [-0.4, -0.2) is 41.9 Å². The van der Waals surface area contributed by atoms with Crippen LogP contribution in [-0.2, 0) is 4.74 Å². The molecule has 0 aromatic rings. The van der Waals surface area contributed by atoms with E-state index >= 15 is 0 Å². The van der Waals surface area contributed by atoms with Crippen LogP contribution in [0.2, 0.25) is 0 Å². The zero-order chi connectivity index (χ0) is 14.7. The number of fused-ring (bicyclic) bond motifs is 2. The molecule has 2 fully saturated rings. The molecule has 0 aromatic heterocycles. The van der Waals surface area contributed by atoms with Gasteiger partial charge >= 0.3 is 0 Å². The van der Waals surface area contributed by atoms with Crippen molar-refractivity contribution in [1.29, 1.82) is 5.26 Å². The molecule has 0 aromatic carbocycles. The van der Waals surface area contributed by atoms with Gasteiger partial charge in [-0.1, -0.05) is 12.2 Å². The molecule has 21 heavy (non-hydrogen) atoms. The maximum Gasteiger partial charge on any atom is 0.169 e. The van der Waals surface area contributed by atoms with Crippen LogP contribution in [0.3, 0.4) is 0 Å². The Bertz CT molecular complexity index is 453. The number of thiocarbonyl (C=S) groups is 1. The molecule has 0 amide bonds. The van der Waals surface area contributed by atoms with E-state index in [1.165, 1.54) is 12.8 Å². The van der Waals surface area contributed by atoms with Gasteiger partial charge in [-0.3, -0.25) is 0 Å². The average molecular weight is 305 g/mol. The lowest BCUT2D eigenvalue weighted by atomic mass is 10.0. The lowest BCUT2D eigenvalue weighted by Gasteiger charge is -2.31. The Balaban J connectivity index is 1.54. The van der Waals surface area contributed by atoms with E-state index in [4.69, 9.17) is 22.2 Å². The highest BCUT2D eigenvalue weighted by Gasteiger charge is 2.36. The highest BCUT2D eigenvalue weighted by molar-refractivity contribution is 7.80. The van der Waals surface area contributed by atoms with Crippen LogP contribution < -0.4 is 5.32 Å². The topological polar surface area (TPSA) is 48.3 Å². The number of rotatable bonds is 5. The van der Waals surface area contributed by atoms with Crippen LogP contribution in [0.5, 0.6) is 0 Å². The Labute approximate surface area is 132 Å². The molecule has 4 nitrogen and oxygen atoms in total. The summed E-state index contributed by atoms with van der Waals surface area (Å²) in [7, 11) is 0. The van der Waals surface area contributed by atoms with Crippen molar-refractivity contribution in [2.24, 2.45) is 11.8 Å². The first kappa shape index (κ1) is 14.8.